The van der Waals surface area contributed by atoms with Crippen LogP contribution in [0.3, 0.4) is 0 Å². The minimum absolute atomic E-state index is 0.000761. The van der Waals surface area contributed by atoms with E-state index in [1.165, 1.54) is 23.1 Å². The number of hydrogen-bond donors (Lipinski definition) is 2. The molecule has 0 aliphatic heterocycles. The van der Waals surface area contributed by atoms with Gasteiger partial charge >= 0.3 is 0 Å². The van der Waals surface area contributed by atoms with Crippen molar-refractivity contribution in [2.45, 2.75) is 68.3 Å². The van der Waals surface area contributed by atoms with Gasteiger partial charge in [0.1, 0.15) is 5.75 Å². The molecule has 0 saturated heterocycles. The van der Waals surface area contributed by atoms with Crippen molar-refractivity contribution in [2.24, 2.45) is 17.3 Å². The van der Waals surface area contributed by atoms with E-state index in [1.807, 2.05) is 12.3 Å². The Morgan fingerprint density at radius 2 is 1.86 bits per heavy atom. The highest BCUT2D eigenvalue weighted by atomic mass is 32.2. The van der Waals surface area contributed by atoms with E-state index in [0.29, 0.717) is 23.5 Å². The van der Waals surface area contributed by atoms with E-state index in [1.54, 1.807) is 11.8 Å². The van der Waals surface area contributed by atoms with Crippen molar-refractivity contribution in [1.82, 2.24) is 0 Å². The number of aliphatic hydroxyl groups is 1. The lowest BCUT2D eigenvalue weighted by atomic mass is 9.53. The maximum absolute atomic E-state index is 11.9. The molecular weight excluding hydrogens is 376 g/mol. The number of fused-ring (bicyclic) bond motifs is 5. The number of thioether (sulfide) groups is 1. The van der Waals surface area contributed by atoms with Gasteiger partial charge in [-0.3, -0.25) is 0 Å². The molecule has 0 amide bonds. The number of rotatable bonds is 3. The van der Waals surface area contributed by atoms with E-state index in [4.69, 9.17) is 0 Å². The van der Waals surface area contributed by atoms with Crippen LogP contribution in [0.4, 0.5) is 0 Å². The first kappa shape index (κ1) is 19.5. The standard InChI is InChI=1S/C26H32O2S/c1-25-12-10-19-20(9-8-18-14-23(27)24(29-2)15-21(18)19)22(25)11-13-26(25,28)16-17-6-4-3-5-7-17/h3-7,14-15,19-20,22,27-28H,8-13,16H2,1-2H3/t19?,20?,22?,25-,26?/m0/s1. The number of phenols is 1. The van der Waals surface area contributed by atoms with Crippen LogP contribution < -0.4 is 0 Å². The second-order valence-electron chi connectivity index (χ2n) is 9.83. The number of benzene rings is 2. The summed E-state index contributed by atoms with van der Waals surface area (Å²) in [4.78, 5) is 1.00. The van der Waals surface area contributed by atoms with Gasteiger partial charge in [0.15, 0.2) is 0 Å². The Bertz CT molecular complexity index is 910. The molecule has 2 saturated carbocycles. The molecule has 4 unspecified atom stereocenters. The first-order chi connectivity index (χ1) is 13.9. The van der Waals surface area contributed by atoms with E-state index in [2.05, 4.69) is 43.3 Å². The van der Waals surface area contributed by atoms with Crippen molar-refractivity contribution in [3.8, 4) is 5.75 Å². The topological polar surface area (TPSA) is 40.5 Å². The van der Waals surface area contributed by atoms with E-state index in [-0.39, 0.29) is 5.41 Å². The Kier molecular flexibility index (Phi) is 4.75. The molecule has 3 aliphatic carbocycles. The predicted molar refractivity (Wildman–Crippen MR) is 120 cm³/mol. The average Bonchev–Trinajstić information content (AvgIpc) is 2.98. The summed E-state index contributed by atoms with van der Waals surface area (Å²) in [5, 5.41) is 22.2. The van der Waals surface area contributed by atoms with Crippen LogP contribution >= 0.6 is 11.8 Å². The highest BCUT2D eigenvalue weighted by Gasteiger charge is 2.61. The minimum Gasteiger partial charge on any atom is -0.507 e. The molecule has 2 aromatic rings. The maximum atomic E-state index is 11.9. The maximum Gasteiger partial charge on any atom is 0.129 e. The molecular formula is C26H32O2S. The summed E-state index contributed by atoms with van der Waals surface area (Å²) in [6, 6.07) is 14.8. The lowest BCUT2D eigenvalue weighted by Gasteiger charge is -2.53. The van der Waals surface area contributed by atoms with Crippen LogP contribution in [0.25, 0.3) is 0 Å². The SMILES string of the molecule is CSc1cc2c(cc1O)CCC1C2CC[C@@]2(C)C1CCC2(O)Cc1ccccc1. The third-order valence-electron chi connectivity index (χ3n) is 8.69. The lowest BCUT2D eigenvalue weighted by Crippen LogP contribution is -2.51. The molecule has 0 aromatic heterocycles. The summed E-state index contributed by atoms with van der Waals surface area (Å²) in [6.07, 6.45) is 9.38. The minimum atomic E-state index is -0.594. The van der Waals surface area contributed by atoms with Crippen molar-refractivity contribution < 1.29 is 10.2 Å². The van der Waals surface area contributed by atoms with Crippen LogP contribution in [-0.4, -0.2) is 22.1 Å². The number of aryl methyl sites for hydroxylation is 1. The second-order valence-corrected chi connectivity index (χ2v) is 10.7. The van der Waals surface area contributed by atoms with Crippen LogP contribution in [0, 0.1) is 17.3 Å². The Balaban J connectivity index is 1.46. The largest absolute Gasteiger partial charge is 0.507 e. The highest BCUT2D eigenvalue weighted by Crippen LogP contribution is 2.65. The molecule has 3 heteroatoms. The molecule has 5 atom stereocenters. The van der Waals surface area contributed by atoms with Gasteiger partial charge in [-0.15, -0.1) is 11.8 Å². The fraction of sp³-hybridized carbons (Fsp3) is 0.538. The molecule has 29 heavy (non-hydrogen) atoms. The summed E-state index contributed by atoms with van der Waals surface area (Å²) < 4.78 is 0. The Hall–Kier alpha value is -1.45. The summed E-state index contributed by atoms with van der Waals surface area (Å²) in [7, 11) is 0. The smallest absolute Gasteiger partial charge is 0.129 e. The van der Waals surface area contributed by atoms with Gasteiger partial charge in [-0.2, -0.15) is 0 Å². The van der Waals surface area contributed by atoms with Crippen LogP contribution in [0.2, 0.25) is 0 Å². The molecule has 0 bridgehead atoms. The average molecular weight is 409 g/mol. The molecule has 5 rings (SSSR count). The van der Waals surface area contributed by atoms with Crippen LogP contribution in [0.5, 0.6) is 5.75 Å². The quantitative estimate of drug-likeness (QED) is 0.617. The van der Waals surface area contributed by atoms with Crippen molar-refractivity contribution in [3.63, 3.8) is 0 Å². The second kappa shape index (κ2) is 7.06. The van der Waals surface area contributed by atoms with E-state index >= 15 is 0 Å². The number of hydrogen-bond acceptors (Lipinski definition) is 3. The summed E-state index contributed by atoms with van der Waals surface area (Å²) in [6.45, 7) is 2.38. The zero-order valence-electron chi connectivity index (χ0n) is 17.5. The molecule has 2 fully saturated rings. The number of aromatic hydroxyl groups is 1. The third kappa shape index (κ3) is 2.96. The van der Waals surface area contributed by atoms with Gasteiger partial charge < -0.3 is 10.2 Å². The first-order valence-corrected chi connectivity index (χ1v) is 12.3. The lowest BCUT2D eigenvalue weighted by molar-refractivity contribution is -0.102. The van der Waals surface area contributed by atoms with Gasteiger partial charge in [0, 0.05) is 11.3 Å². The Morgan fingerprint density at radius 1 is 1.07 bits per heavy atom. The Morgan fingerprint density at radius 3 is 2.62 bits per heavy atom. The molecule has 3 aliphatic rings. The first-order valence-electron chi connectivity index (χ1n) is 11.1. The molecule has 2 N–H and O–H groups in total. The Labute approximate surface area is 178 Å². The molecule has 0 radical (unpaired) electrons. The zero-order chi connectivity index (χ0) is 20.2. The molecule has 0 spiro atoms. The molecule has 0 heterocycles. The molecule has 2 nitrogen and oxygen atoms in total. The summed E-state index contributed by atoms with van der Waals surface area (Å²) >= 11 is 1.64. The van der Waals surface area contributed by atoms with E-state index in [0.717, 1.165) is 43.4 Å². The predicted octanol–water partition coefficient (Wildman–Crippen LogP) is 5.94. The number of phenolic OH excluding ortho intramolecular Hbond substituents is 1. The van der Waals surface area contributed by atoms with Gasteiger partial charge in [0.05, 0.1) is 5.60 Å². The normalized spacial score (nSPS) is 35.6. The van der Waals surface area contributed by atoms with E-state index < -0.39 is 5.60 Å². The fourth-order valence-corrected chi connectivity index (χ4v) is 7.60. The zero-order valence-corrected chi connectivity index (χ0v) is 18.3. The van der Waals surface area contributed by atoms with Gasteiger partial charge in [-0.05, 0) is 96.8 Å². The summed E-state index contributed by atoms with van der Waals surface area (Å²) in [5.74, 6) is 2.27. The monoisotopic (exact) mass is 408 g/mol. The van der Waals surface area contributed by atoms with Gasteiger partial charge in [0.25, 0.3) is 0 Å². The third-order valence-corrected chi connectivity index (χ3v) is 9.45. The van der Waals surface area contributed by atoms with Gasteiger partial charge in [-0.1, -0.05) is 37.3 Å². The van der Waals surface area contributed by atoms with Crippen LogP contribution in [0.1, 0.15) is 61.6 Å². The molecule has 2 aromatic carbocycles. The van der Waals surface area contributed by atoms with Crippen molar-refractivity contribution in [3.05, 3.63) is 59.2 Å². The highest BCUT2D eigenvalue weighted by molar-refractivity contribution is 7.98. The van der Waals surface area contributed by atoms with Crippen molar-refractivity contribution in [1.29, 1.82) is 0 Å². The summed E-state index contributed by atoms with van der Waals surface area (Å²) in [5.41, 5.74) is 3.49. The van der Waals surface area contributed by atoms with Crippen LogP contribution in [0.15, 0.2) is 47.4 Å². The van der Waals surface area contributed by atoms with Crippen molar-refractivity contribution in [2.75, 3.05) is 6.26 Å². The van der Waals surface area contributed by atoms with Gasteiger partial charge in [0.2, 0.25) is 0 Å². The fourth-order valence-electron chi connectivity index (χ4n) is 7.09. The van der Waals surface area contributed by atoms with Gasteiger partial charge in [-0.25, -0.2) is 0 Å². The van der Waals surface area contributed by atoms with Crippen molar-refractivity contribution >= 4 is 11.8 Å². The van der Waals surface area contributed by atoms with Crippen LogP contribution in [-0.2, 0) is 12.8 Å². The molecule has 154 valence electrons. The van der Waals surface area contributed by atoms with E-state index in [9.17, 15) is 10.2 Å².